The zero-order valence-corrected chi connectivity index (χ0v) is 35.4. The molecule has 2 aliphatic rings. The summed E-state index contributed by atoms with van der Waals surface area (Å²) in [6.07, 6.45) is 0. The third-order valence-electron chi connectivity index (χ3n) is 12.9. The van der Waals surface area contributed by atoms with Crippen molar-refractivity contribution in [3.8, 4) is 44.5 Å². The summed E-state index contributed by atoms with van der Waals surface area (Å²) in [6.45, 7) is 23.7. The van der Waals surface area contributed by atoms with Crippen molar-refractivity contribution in [2.75, 3.05) is 4.90 Å². The molecular weight excluding hydrogens is 687 g/mol. The van der Waals surface area contributed by atoms with E-state index in [4.69, 9.17) is 0 Å². The molecule has 9 rings (SSSR count). The van der Waals surface area contributed by atoms with Crippen molar-refractivity contribution in [3.63, 3.8) is 0 Å². The van der Waals surface area contributed by atoms with E-state index in [2.05, 4.69) is 226 Å². The molecule has 1 heteroatoms. The lowest BCUT2D eigenvalue weighted by Crippen LogP contribution is -2.25. The fourth-order valence-corrected chi connectivity index (χ4v) is 9.78. The van der Waals surface area contributed by atoms with Gasteiger partial charge in [0.05, 0.1) is 0 Å². The predicted octanol–water partition coefficient (Wildman–Crippen LogP) is 15.7. The fourth-order valence-electron chi connectivity index (χ4n) is 9.78. The summed E-state index contributed by atoms with van der Waals surface area (Å²) in [6, 6.07) is 57.0. The molecule has 0 bridgehead atoms. The van der Waals surface area contributed by atoms with E-state index in [1.54, 1.807) is 0 Å². The van der Waals surface area contributed by atoms with Crippen molar-refractivity contribution in [2.24, 2.45) is 0 Å². The Bertz CT molecular complexity index is 2660. The highest BCUT2D eigenvalue weighted by atomic mass is 15.1. The van der Waals surface area contributed by atoms with Crippen LogP contribution in [0.1, 0.15) is 103 Å². The van der Waals surface area contributed by atoms with Crippen LogP contribution in [0.25, 0.3) is 44.5 Å². The van der Waals surface area contributed by atoms with E-state index in [1.165, 1.54) is 83.6 Å². The Hall–Kier alpha value is -5.66. The summed E-state index contributed by atoms with van der Waals surface area (Å²) in [7, 11) is 0. The first-order valence-electron chi connectivity index (χ1n) is 20.7. The maximum Gasteiger partial charge on any atom is 0.0465 e. The van der Waals surface area contributed by atoms with Gasteiger partial charge in [-0.3, -0.25) is 0 Å². The third kappa shape index (κ3) is 5.97. The molecule has 0 fully saturated rings. The molecule has 2 aliphatic carbocycles. The van der Waals surface area contributed by atoms with Gasteiger partial charge >= 0.3 is 0 Å². The van der Waals surface area contributed by atoms with Crippen molar-refractivity contribution >= 4 is 17.1 Å². The second-order valence-corrected chi connectivity index (χ2v) is 19.5. The van der Waals surface area contributed by atoms with Gasteiger partial charge in [0.25, 0.3) is 0 Å². The van der Waals surface area contributed by atoms with Crippen molar-refractivity contribution in [1.29, 1.82) is 0 Å². The van der Waals surface area contributed by atoms with Gasteiger partial charge in [-0.25, -0.2) is 0 Å². The summed E-state index contributed by atoms with van der Waals surface area (Å²) in [5, 5.41) is 0. The largest absolute Gasteiger partial charge is 0.310 e. The molecule has 1 nitrogen and oxygen atoms in total. The quantitative estimate of drug-likeness (QED) is 0.170. The Labute approximate surface area is 341 Å². The van der Waals surface area contributed by atoms with Crippen LogP contribution < -0.4 is 4.90 Å². The van der Waals surface area contributed by atoms with Gasteiger partial charge in [-0.2, -0.15) is 0 Å². The summed E-state index contributed by atoms with van der Waals surface area (Å²) < 4.78 is 0. The van der Waals surface area contributed by atoms with Crippen LogP contribution in [0.3, 0.4) is 0 Å². The minimum atomic E-state index is -0.163. The maximum atomic E-state index is 2.50. The lowest BCUT2D eigenvalue weighted by Gasteiger charge is -2.33. The Morgan fingerprint density at radius 2 is 0.947 bits per heavy atom. The van der Waals surface area contributed by atoms with Gasteiger partial charge in [0.2, 0.25) is 0 Å². The van der Waals surface area contributed by atoms with Crippen molar-refractivity contribution in [2.45, 2.75) is 90.9 Å². The van der Waals surface area contributed by atoms with Gasteiger partial charge in [-0.15, -0.1) is 0 Å². The zero-order valence-electron chi connectivity index (χ0n) is 35.4. The SMILES string of the molecule is CC(C)(C)c1cc2c(c(C(C)(C)C)c1)C(C)(C)c1cc(N(c3ccc(-c4ccccc4)cc3)c3ccc(-c4cccc5c4-c4ccccc4C5(C)C)cc3)ccc1-2. The highest BCUT2D eigenvalue weighted by Crippen LogP contribution is 2.55. The lowest BCUT2D eigenvalue weighted by molar-refractivity contribution is 0.545. The number of hydrogen-bond acceptors (Lipinski definition) is 1. The highest BCUT2D eigenvalue weighted by molar-refractivity contribution is 5.93. The topological polar surface area (TPSA) is 3.24 Å². The summed E-state index contributed by atoms with van der Waals surface area (Å²) >= 11 is 0. The van der Waals surface area contributed by atoms with Gasteiger partial charge in [0, 0.05) is 27.9 Å². The van der Waals surface area contributed by atoms with Crippen LogP contribution >= 0.6 is 0 Å². The Balaban J connectivity index is 1.18. The molecule has 0 aromatic heterocycles. The maximum absolute atomic E-state index is 2.50. The van der Waals surface area contributed by atoms with E-state index in [0.29, 0.717) is 0 Å². The number of fused-ring (bicyclic) bond motifs is 6. The second kappa shape index (κ2) is 12.9. The molecule has 57 heavy (non-hydrogen) atoms. The fraction of sp³-hybridized carbons (Fsp3) is 0.250. The molecule has 0 spiro atoms. The summed E-state index contributed by atoms with van der Waals surface area (Å²) in [5.41, 5.74) is 22.2. The van der Waals surface area contributed by atoms with Crippen molar-refractivity contribution < 1.29 is 0 Å². The van der Waals surface area contributed by atoms with Crippen LogP contribution in [0.2, 0.25) is 0 Å². The van der Waals surface area contributed by atoms with Gasteiger partial charge in [-0.05, 0) is 125 Å². The molecule has 0 N–H and O–H groups in total. The third-order valence-corrected chi connectivity index (χ3v) is 12.9. The summed E-state index contributed by atoms with van der Waals surface area (Å²) in [4.78, 5) is 2.44. The number of benzene rings is 7. The van der Waals surface area contributed by atoms with E-state index in [-0.39, 0.29) is 21.7 Å². The number of hydrogen-bond donors (Lipinski definition) is 0. The highest BCUT2D eigenvalue weighted by Gasteiger charge is 2.41. The number of nitrogens with zero attached hydrogens (tertiary/aromatic N) is 1. The van der Waals surface area contributed by atoms with Crippen LogP contribution in [-0.4, -0.2) is 0 Å². The molecule has 0 aliphatic heterocycles. The Kier molecular flexibility index (Phi) is 8.38. The molecule has 0 saturated carbocycles. The van der Waals surface area contributed by atoms with Crippen LogP contribution in [0, 0.1) is 0 Å². The molecule has 0 radical (unpaired) electrons. The molecule has 0 saturated heterocycles. The average Bonchev–Trinajstić information content (AvgIpc) is 3.57. The number of rotatable bonds is 5. The van der Waals surface area contributed by atoms with Crippen molar-refractivity contribution in [3.05, 3.63) is 185 Å². The van der Waals surface area contributed by atoms with Gasteiger partial charge < -0.3 is 4.90 Å². The van der Waals surface area contributed by atoms with Crippen LogP contribution in [0.5, 0.6) is 0 Å². The minimum absolute atomic E-state index is 0.0124. The van der Waals surface area contributed by atoms with Crippen LogP contribution in [-0.2, 0) is 21.7 Å². The first-order chi connectivity index (χ1) is 27.0. The predicted molar refractivity (Wildman–Crippen MR) is 245 cm³/mol. The van der Waals surface area contributed by atoms with E-state index in [1.807, 2.05) is 0 Å². The Morgan fingerprint density at radius 1 is 0.386 bits per heavy atom. The molecule has 0 heterocycles. The van der Waals surface area contributed by atoms with Gasteiger partial charge in [0.15, 0.2) is 0 Å². The first-order valence-corrected chi connectivity index (χ1v) is 20.7. The van der Waals surface area contributed by atoms with Crippen LogP contribution in [0.15, 0.2) is 152 Å². The second-order valence-electron chi connectivity index (χ2n) is 19.5. The van der Waals surface area contributed by atoms with E-state index in [0.717, 1.165) is 11.4 Å². The van der Waals surface area contributed by atoms with E-state index in [9.17, 15) is 0 Å². The lowest BCUT2D eigenvalue weighted by atomic mass is 9.71. The molecule has 7 aromatic rings. The molecule has 0 unspecified atom stereocenters. The Morgan fingerprint density at radius 3 is 1.60 bits per heavy atom. The molecule has 284 valence electrons. The zero-order chi connectivity index (χ0) is 40.1. The molecule has 0 amide bonds. The molecule has 0 atom stereocenters. The average molecular weight is 742 g/mol. The number of anilines is 3. The molecular formula is C56H55N. The van der Waals surface area contributed by atoms with Gasteiger partial charge in [0.1, 0.15) is 0 Å². The molecule has 7 aromatic carbocycles. The minimum Gasteiger partial charge on any atom is -0.310 e. The summed E-state index contributed by atoms with van der Waals surface area (Å²) in [5.74, 6) is 0. The van der Waals surface area contributed by atoms with E-state index >= 15 is 0 Å². The monoisotopic (exact) mass is 741 g/mol. The van der Waals surface area contributed by atoms with Gasteiger partial charge in [-0.1, -0.05) is 184 Å². The standard InChI is InChI=1S/C56H55N/c1-53(2,3)39-33-46-44-32-31-42(35-49(44)56(9,10)52(46)50(34-39)54(4,5)6)57(40-27-23-37(24-28-40)36-17-12-11-13-18-36)41-29-25-38(26-30-41)43-20-16-22-48-51(43)45-19-14-15-21-47(45)55(48,7)8/h11-35H,1-10H3. The smallest absolute Gasteiger partial charge is 0.0465 e. The first kappa shape index (κ1) is 36.9. The van der Waals surface area contributed by atoms with Crippen molar-refractivity contribution in [1.82, 2.24) is 0 Å². The van der Waals surface area contributed by atoms with Crippen LogP contribution in [0.4, 0.5) is 17.1 Å². The normalized spacial score (nSPS) is 14.8. The van der Waals surface area contributed by atoms with E-state index < -0.39 is 0 Å².